The van der Waals surface area contributed by atoms with Gasteiger partial charge in [0.05, 0.1) is 0 Å². The molecule has 0 unspecified atom stereocenters. The molecule has 0 fully saturated rings. The molecule has 0 aliphatic rings. The smallest absolute Gasteiger partial charge is 0.256 e. The second-order valence-electron chi connectivity index (χ2n) is 5.76. The molecular weight excluding hydrogens is 312 g/mol. The van der Waals surface area contributed by atoms with E-state index in [1.165, 1.54) is 6.92 Å². The molecule has 0 saturated heterocycles. The number of amides is 1. The zero-order valence-corrected chi connectivity index (χ0v) is 13.8. The average Bonchev–Trinajstić information content (AvgIpc) is 2.63. The molecule has 0 aliphatic heterocycles. The Morgan fingerprint density at radius 1 is 0.840 bits per heavy atom. The van der Waals surface area contributed by atoms with E-state index >= 15 is 0 Å². The minimum Gasteiger partial charge on any atom is -0.399 e. The molecule has 0 saturated carbocycles. The topological polar surface area (TPSA) is 72.2 Å². The summed E-state index contributed by atoms with van der Waals surface area (Å²) in [5, 5.41) is 2.88. The van der Waals surface area contributed by atoms with Crippen molar-refractivity contribution in [2.45, 2.75) is 6.92 Å². The van der Waals surface area contributed by atoms with Crippen molar-refractivity contribution in [1.29, 1.82) is 0 Å². The number of nitrogen functional groups attached to an aromatic ring is 1. The molecule has 3 N–H and O–H groups in total. The van der Waals surface area contributed by atoms with Gasteiger partial charge in [-0.15, -0.1) is 0 Å². The quantitative estimate of drug-likeness (QED) is 0.550. The number of Topliss-reactive ketones (excluding diaryl/α,β-unsaturated/α-hetero) is 1. The number of anilines is 2. The van der Waals surface area contributed by atoms with E-state index in [4.69, 9.17) is 5.73 Å². The van der Waals surface area contributed by atoms with Crippen LogP contribution in [0.25, 0.3) is 11.1 Å². The number of ketones is 1. The van der Waals surface area contributed by atoms with Crippen LogP contribution in [0.5, 0.6) is 0 Å². The van der Waals surface area contributed by atoms with Crippen molar-refractivity contribution in [3.8, 4) is 11.1 Å². The SMILES string of the molecule is CC(=O)c1ccc(-c2ccccc2C(=O)Nc2ccc(N)cc2)cc1. The van der Waals surface area contributed by atoms with Crippen LogP contribution in [-0.4, -0.2) is 11.7 Å². The Labute approximate surface area is 146 Å². The van der Waals surface area contributed by atoms with E-state index in [1.54, 1.807) is 42.5 Å². The fraction of sp³-hybridized carbons (Fsp3) is 0.0476. The molecule has 4 heteroatoms. The summed E-state index contributed by atoms with van der Waals surface area (Å²) in [6, 6.07) is 21.6. The first-order chi connectivity index (χ1) is 12.0. The Morgan fingerprint density at radius 2 is 1.48 bits per heavy atom. The molecule has 3 aromatic carbocycles. The van der Waals surface area contributed by atoms with E-state index in [2.05, 4.69) is 5.32 Å². The number of hydrogen-bond donors (Lipinski definition) is 2. The van der Waals surface area contributed by atoms with Crippen LogP contribution in [0.2, 0.25) is 0 Å². The van der Waals surface area contributed by atoms with Gasteiger partial charge >= 0.3 is 0 Å². The number of rotatable bonds is 4. The van der Waals surface area contributed by atoms with Gasteiger partial charge < -0.3 is 11.1 Å². The summed E-state index contributed by atoms with van der Waals surface area (Å²) >= 11 is 0. The van der Waals surface area contributed by atoms with Crippen LogP contribution in [-0.2, 0) is 0 Å². The van der Waals surface area contributed by atoms with Gasteiger partial charge in [-0.3, -0.25) is 9.59 Å². The zero-order chi connectivity index (χ0) is 17.8. The highest BCUT2D eigenvalue weighted by atomic mass is 16.1. The van der Waals surface area contributed by atoms with Crippen molar-refractivity contribution in [2.75, 3.05) is 11.1 Å². The Kier molecular flexibility index (Phi) is 4.61. The summed E-state index contributed by atoms with van der Waals surface area (Å²) < 4.78 is 0. The lowest BCUT2D eigenvalue weighted by molar-refractivity contribution is 0.101. The first-order valence-corrected chi connectivity index (χ1v) is 7.92. The van der Waals surface area contributed by atoms with Gasteiger partial charge in [-0.05, 0) is 48.4 Å². The lowest BCUT2D eigenvalue weighted by Gasteiger charge is -2.11. The molecular formula is C21H18N2O2. The molecule has 0 aliphatic carbocycles. The molecule has 0 heterocycles. The van der Waals surface area contributed by atoms with Crippen LogP contribution >= 0.6 is 0 Å². The van der Waals surface area contributed by atoms with E-state index in [1.807, 2.05) is 30.3 Å². The van der Waals surface area contributed by atoms with Gasteiger partial charge in [0.1, 0.15) is 0 Å². The van der Waals surface area contributed by atoms with Gasteiger partial charge in [0, 0.05) is 22.5 Å². The highest BCUT2D eigenvalue weighted by Gasteiger charge is 2.13. The normalized spacial score (nSPS) is 10.3. The summed E-state index contributed by atoms with van der Waals surface area (Å²) in [4.78, 5) is 24.1. The lowest BCUT2D eigenvalue weighted by atomic mass is 9.97. The Morgan fingerprint density at radius 3 is 2.12 bits per heavy atom. The number of carbonyl (C=O) groups excluding carboxylic acids is 2. The number of carbonyl (C=O) groups is 2. The molecule has 0 aromatic heterocycles. The van der Waals surface area contributed by atoms with E-state index < -0.39 is 0 Å². The molecule has 0 spiro atoms. The van der Waals surface area contributed by atoms with Gasteiger partial charge in [-0.1, -0.05) is 42.5 Å². The number of hydrogen-bond acceptors (Lipinski definition) is 3. The fourth-order valence-electron chi connectivity index (χ4n) is 2.58. The predicted octanol–water partition coefficient (Wildman–Crippen LogP) is 4.39. The second-order valence-corrected chi connectivity index (χ2v) is 5.76. The average molecular weight is 330 g/mol. The summed E-state index contributed by atoms with van der Waals surface area (Å²) in [6.45, 7) is 1.53. The zero-order valence-electron chi connectivity index (χ0n) is 13.8. The predicted molar refractivity (Wildman–Crippen MR) is 101 cm³/mol. The van der Waals surface area contributed by atoms with E-state index in [9.17, 15) is 9.59 Å². The molecule has 3 rings (SSSR count). The van der Waals surface area contributed by atoms with Crippen LogP contribution < -0.4 is 11.1 Å². The van der Waals surface area contributed by atoms with Crippen molar-refractivity contribution < 1.29 is 9.59 Å². The summed E-state index contributed by atoms with van der Waals surface area (Å²) in [6.07, 6.45) is 0. The molecule has 1 amide bonds. The van der Waals surface area contributed by atoms with Gasteiger partial charge in [0.15, 0.2) is 5.78 Å². The molecule has 0 bridgehead atoms. The first kappa shape index (κ1) is 16.5. The van der Waals surface area contributed by atoms with Gasteiger partial charge in [0.2, 0.25) is 0 Å². The standard InChI is InChI=1S/C21H18N2O2/c1-14(24)15-6-8-16(9-7-15)19-4-2-3-5-20(19)21(25)23-18-12-10-17(22)11-13-18/h2-13H,22H2,1H3,(H,23,25). The monoisotopic (exact) mass is 330 g/mol. The minimum atomic E-state index is -0.198. The number of nitrogens with one attached hydrogen (secondary N) is 1. The third-order valence-corrected chi connectivity index (χ3v) is 3.94. The number of benzene rings is 3. The fourth-order valence-corrected chi connectivity index (χ4v) is 2.58. The van der Waals surface area contributed by atoms with E-state index in [0.717, 1.165) is 11.1 Å². The largest absolute Gasteiger partial charge is 0.399 e. The first-order valence-electron chi connectivity index (χ1n) is 7.92. The van der Waals surface area contributed by atoms with Crippen molar-refractivity contribution in [1.82, 2.24) is 0 Å². The maximum Gasteiger partial charge on any atom is 0.256 e. The Hall–Kier alpha value is -3.40. The van der Waals surface area contributed by atoms with Crippen molar-refractivity contribution >= 4 is 23.1 Å². The Balaban J connectivity index is 1.91. The van der Waals surface area contributed by atoms with Crippen LogP contribution in [0.1, 0.15) is 27.6 Å². The van der Waals surface area contributed by atoms with Crippen molar-refractivity contribution in [2.24, 2.45) is 0 Å². The van der Waals surface area contributed by atoms with Crippen molar-refractivity contribution in [3.63, 3.8) is 0 Å². The van der Waals surface area contributed by atoms with Crippen LogP contribution in [0.4, 0.5) is 11.4 Å². The maximum atomic E-state index is 12.7. The van der Waals surface area contributed by atoms with E-state index in [-0.39, 0.29) is 11.7 Å². The van der Waals surface area contributed by atoms with Gasteiger partial charge in [-0.25, -0.2) is 0 Å². The minimum absolute atomic E-state index is 0.0147. The van der Waals surface area contributed by atoms with E-state index in [0.29, 0.717) is 22.5 Å². The van der Waals surface area contributed by atoms with Crippen molar-refractivity contribution in [3.05, 3.63) is 83.9 Å². The highest BCUT2D eigenvalue weighted by Crippen LogP contribution is 2.25. The third-order valence-electron chi connectivity index (χ3n) is 3.94. The third kappa shape index (κ3) is 3.75. The lowest BCUT2D eigenvalue weighted by Crippen LogP contribution is -2.13. The van der Waals surface area contributed by atoms with Crippen LogP contribution in [0, 0.1) is 0 Å². The molecule has 4 nitrogen and oxygen atoms in total. The molecule has 25 heavy (non-hydrogen) atoms. The highest BCUT2D eigenvalue weighted by molar-refractivity contribution is 6.08. The molecule has 124 valence electrons. The molecule has 3 aromatic rings. The maximum absolute atomic E-state index is 12.7. The van der Waals surface area contributed by atoms with Gasteiger partial charge in [0.25, 0.3) is 5.91 Å². The summed E-state index contributed by atoms with van der Waals surface area (Å²) in [5.74, 6) is -0.183. The molecule has 0 radical (unpaired) electrons. The van der Waals surface area contributed by atoms with Crippen LogP contribution in [0.3, 0.4) is 0 Å². The summed E-state index contributed by atoms with van der Waals surface area (Å²) in [7, 11) is 0. The molecule has 0 atom stereocenters. The second kappa shape index (κ2) is 7.01. The van der Waals surface area contributed by atoms with Crippen LogP contribution in [0.15, 0.2) is 72.8 Å². The summed E-state index contributed by atoms with van der Waals surface area (Å²) in [5.41, 5.74) is 9.89. The Bertz CT molecular complexity index is 913. The number of nitrogens with two attached hydrogens (primary N) is 1. The van der Waals surface area contributed by atoms with Gasteiger partial charge in [-0.2, -0.15) is 0 Å².